The maximum Gasteiger partial charge on any atom is 0.267 e. The number of aromatic nitrogens is 2. The van der Waals surface area contributed by atoms with E-state index in [-0.39, 0.29) is 11.6 Å². The van der Waals surface area contributed by atoms with Gasteiger partial charge in [-0.2, -0.15) is 5.10 Å². The number of aryl methyl sites for hydroxylation is 1. The van der Waals surface area contributed by atoms with Gasteiger partial charge in [-0.1, -0.05) is 0 Å². The van der Waals surface area contributed by atoms with Crippen molar-refractivity contribution in [1.82, 2.24) is 9.78 Å². The van der Waals surface area contributed by atoms with E-state index < -0.39 is 0 Å². The van der Waals surface area contributed by atoms with Gasteiger partial charge in [-0.3, -0.25) is 4.79 Å². The molecule has 2 N–H and O–H groups in total. The van der Waals surface area contributed by atoms with Gasteiger partial charge < -0.3 is 5.73 Å². The van der Waals surface area contributed by atoms with Gasteiger partial charge in [-0.05, 0) is 19.9 Å². The van der Waals surface area contributed by atoms with Crippen LogP contribution in [0.25, 0.3) is 0 Å². The minimum atomic E-state index is -0.0986. The third-order valence-corrected chi connectivity index (χ3v) is 1.72. The summed E-state index contributed by atoms with van der Waals surface area (Å²) in [6.07, 6.45) is 0. The first kappa shape index (κ1) is 8.93. The fraction of sp³-hybridized carbons (Fsp3) is 0.500. The van der Waals surface area contributed by atoms with Crippen LogP contribution in [0.4, 0.5) is 0 Å². The average Bonchev–Trinajstić information content (AvgIpc) is 2.08. The third-order valence-electron chi connectivity index (χ3n) is 1.72. The molecule has 1 atom stereocenters. The van der Waals surface area contributed by atoms with Crippen LogP contribution in [0.15, 0.2) is 16.9 Å². The van der Waals surface area contributed by atoms with Crippen LogP contribution in [0.5, 0.6) is 0 Å². The molecule has 0 fully saturated rings. The molecule has 1 rings (SSSR count). The molecule has 1 aromatic rings. The second-order valence-corrected chi connectivity index (χ2v) is 2.84. The van der Waals surface area contributed by atoms with E-state index in [1.165, 1.54) is 10.7 Å². The Labute approximate surface area is 71.0 Å². The van der Waals surface area contributed by atoms with E-state index in [4.69, 9.17) is 5.73 Å². The van der Waals surface area contributed by atoms with E-state index in [0.29, 0.717) is 6.54 Å². The van der Waals surface area contributed by atoms with Gasteiger partial charge in [0, 0.05) is 12.6 Å². The Morgan fingerprint density at radius 1 is 1.67 bits per heavy atom. The van der Waals surface area contributed by atoms with Crippen molar-refractivity contribution < 1.29 is 0 Å². The van der Waals surface area contributed by atoms with E-state index in [9.17, 15) is 4.79 Å². The molecule has 4 nitrogen and oxygen atoms in total. The number of hydrogen-bond donors (Lipinski definition) is 1. The van der Waals surface area contributed by atoms with Crippen molar-refractivity contribution >= 4 is 0 Å². The zero-order chi connectivity index (χ0) is 9.14. The molecule has 0 aliphatic carbocycles. The summed E-state index contributed by atoms with van der Waals surface area (Å²) in [6, 6.07) is 3.17. The highest BCUT2D eigenvalue weighted by Crippen LogP contribution is 1.96. The number of hydrogen-bond acceptors (Lipinski definition) is 3. The Morgan fingerprint density at radius 3 is 2.92 bits per heavy atom. The zero-order valence-corrected chi connectivity index (χ0v) is 7.32. The normalized spacial score (nSPS) is 12.9. The Hall–Kier alpha value is -1.16. The minimum Gasteiger partial charge on any atom is -0.328 e. The van der Waals surface area contributed by atoms with Crippen LogP contribution < -0.4 is 11.3 Å². The summed E-state index contributed by atoms with van der Waals surface area (Å²) >= 11 is 0. The van der Waals surface area contributed by atoms with Gasteiger partial charge in [-0.25, -0.2) is 4.68 Å². The number of rotatable bonds is 2. The second-order valence-electron chi connectivity index (χ2n) is 2.84. The molecule has 4 heteroatoms. The second kappa shape index (κ2) is 3.49. The lowest BCUT2D eigenvalue weighted by Crippen LogP contribution is -2.29. The van der Waals surface area contributed by atoms with Crippen molar-refractivity contribution in [1.29, 1.82) is 0 Å². The van der Waals surface area contributed by atoms with Crippen LogP contribution in [-0.4, -0.2) is 16.3 Å². The lowest BCUT2D eigenvalue weighted by atomic mass is 10.3. The molecule has 0 aromatic carbocycles. The predicted molar refractivity (Wildman–Crippen MR) is 47.0 cm³/mol. The number of nitrogens with zero attached hydrogens (tertiary/aromatic N) is 2. The Bertz CT molecular complexity index is 318. The lowest BCUT2D eigenvalue weighted by molar-refractivity contribution is 0.470. The van der Waals surface area contributed by atoms with Crippen LogP contribution in [0.3, 0.4) is 0 Å². The molecule has 0 radical (unpaired) electrons. The highest BCUT2D eigenvalue weighted by Gasteiger charge is 2.04. The SMILES string of the molecule is Cc1ccc(=O)n(C(C)CN)n1. The smallest absolute Gasteiger partial charge is 0.267 e. The summed E-state index contributed by atoms with van der Waals surface area (Å²) in [5, 5.41) is 4.07. The van der Waals surface area contributed by atoms with Crippen molar-refractivity contribution in [2.24, 2.45) is 5.73 Å². The quantitative estimate of drug-likeness (QED) is 0.678. The first-order valence-electron chi connectivity index (χ1n) is 3.91. The summed E-state index contributed by atoms with van der Waals surface area (Å²) in [4.78, 5) is 11.2. The standard InChI is InChI=1S/C8H13N3O/c1-6-3-4-8(12)11(10-6)7(2)5-9/h3-4,7H,5,9H2,1-2H3. The van der Waals surface area contributed by atoms with E-state index in [1.54, 1.807) is 6.07 Å². The molecule has 1 unspecified atom stereocenters. The van der Waals surface area contributed by atoms with Crippen molar-refractivity contribution in [3.63, 3.8) is 0 Å². The van der Waals surface area contributed by atoms with Crippen molar-refractivity contribution in [3.8, 4) is 0 Å². The van der Waals surface area contributed by atoms with Crippen molar-refractivity contribution in [2.45, 2.75) is 19.9 Å². The molecular weight excluding hydrogens is 154 g/mol. The van der Waals surface area contributed by atoms with E-state index in [1.807, 2.05) is 13.8 Å². The fourth-order valence-corrected chi connectivity index (χ4v) is 0.936. The van der Waals surface area contributed by atoms with Gasteiger partial charge in [0.1, 0.15) is 0 Å². The molecule has 0 amide bonds. The highest BCUT2D eigenvalue weighted by molar-refractivity contribution is 4.97. The summed E-state index contributed by atoms with van der Waals surface area (Å²) in [6.45, 7) is 4.14. The van der Waals surface area contributed by atoms with Crippen molar-refractivity contribution in [2.75, 3.05) is 6.54 Å². The van der Waals surface area contributed by atoms with E-state index in [0.717, 1.165) is 5.69 Å². The van der Waals surface area contributed by atoms with Crippen molar-refractivity contribution in [3.05, 3.63) is 28.2 Å². The maximum absolute atomic E-state index is 11.2. The topological polar surface area (TPSA) is 60.9 Å². The fourth-order valence-electron chi connectivity index (χ4n) is 0.936. The van der Waals surface area contributed by atoms with Gasteiger partial charge in [0.15, 0.2) is 0 Å². The highest BCUT2D eigenvalue weighted by atomic mass is 16.1. The van der Waals surface area contributed by atoms with Gasteiger partial charge in [-0.15, -0.1) is 0 Å². The van der Waals surface area contributed by atoms with E-state index >= 15 is 0 Å². The predicted octanol–water partition coefficient (Wildman–Crippen LogP) is 0.0714. The first-order chi connectivity index (χ1) is 5.65. The number of nitrogens with two attached hydrogens (primary N) is 1. The zero-order valence-electron chi connectivity index (χ0n) is 7.32. The van der Waals surface area contributed by atoms with Gasteiger partial charge in [0.25, 0.3) is 5.56 Å². The molecule has 0 saturated carbocycles. The van der Waals surface area contributed by atoms with E-state index in [2.05, 4.69) is 5.10 Å². The average molecular weight is 167 g/mol. The Morgan fingerprint density at radius 2 is 2.33 bits per heavy atom. The van der Waals surface area contributed by atoms with Crippen LogP contribution in [0.1, 0.15) is 18.7 Å². The molecule has 0 aliphatic rings. The molecule has 0 bridgehead atoms. The van der Waals surface area contributed by atoms with Gasteiger partial charge >= 0.3 is 0 Å². The molecule has 1 heterocycles. The molecule has 0 saturated heterocycles. The summed E-state index contributed by atoms with van der Waals surface area (Å²) in [5.74, 6) is 0. The Kier molecular flexibility index (Phi) is 2.60. The molecule has 0 spiro atoms. The van der Waals surface area contributed by atoms with Gasteiger partial charge in [0.2, 0.25) is 0 Å². The van der Waals surface area contributed by atoms with Crippen LogP contribution in [0.2, 0.25) is 0 Å². The largest absolute Gasteiger partial charge is 0.328 e. The first-order valence-corrected chi connectivity index (χ1v) is 3.91. The summed E-state index contributed by atoms with van der Waals surface area (Å²) in [7, 11) is 0. The monoisotopic (exact) mass is 167 g/mol. The Balaban J connectivity index is 3.13. The summed E-state index contributed by atoms with van der Waals surface area (Å²) < 4.78 is 1.41. The minimum absolute atomic E-state index is 0.0302. The maximum atomic E-state index is 11.2. The molecule has 12 heavy (non-hydrogen) atoms. The molecular formula is C8H13N3O. The summed E-state index contributed by atoms with van der Waals surface area (Å²) in [5.41, 5.74) is 6.15. The molecule has 66 valence electrons. The van der Waals surface area contributed by atoms with Crippen LogP contribution in [-0.2, 0) is 0 Å². The lowest BCUT2D eigenvalue weighted by Gasteiger charge is -2.10. The van der Waals surface area contributed by atoms with Crippen LogP contribution in [0, 0.1) is 6.92 Å². The van der Waals surface area contributed by atoms with Gasteiger partial charge in [0.05, 0.1) is 11.7 Å². The molecule has 0 aliphatic heterocycles. The molecule has 1 aromatic heterocycles. The third kappa shape index (κ3) is 1.71. The van der Waals surface area contributed by atoms with Crippen LogP contribution >= 0.6 is 0 Å².